The van der Waals surface area contributed by atoms with Crippen LogP contribution < -0.4 is 5.32 Å². The molecule has 0 aliphatic carbocycles. The van der Waals surface area contributed by atoms with Crippen molar-refractivity contribution in [3.8, 4) is 11.4 Å². The third-order valence-corrected chi connectivity index (χ3v) is 4.04. The zero-order valence-corrected chi connectivity index (χ0v) is 14.1. The molecule has 2 aromatic rings. The van der Waals surface area contributed by atoms with E-state index in [4.69, 9.17) is 9.26 Å². The molecule has 1 fully saturated rings. The Bertz CT molecular complexity index is 704. The molecule has 1 N–H and O–H groups in total. The number of urea groups is 1. The fourth-order valence-corrected chi connectivity index (χ4v) is 2.64. The molecule has 1 unspecified atom stereocenters. The molecule has 8 heteroatoms. The maximum atomic E-state index is 12.9. The number of hydrogen-bond donors (Lipinski definition) is 1. The number of halogens is 1. The van der Waals surface area contributed by atoms with Gasteiger partial charge in [0.2, 0.25) is 11.7 Å². The molecule has 1 aliphatic rings. The lowest BCUT2D eigenvalue weighted by molar-refractivity contribution is 0.0191. The first-order chi connectivity index (χ1) is 12.1. The molecule has 1 saturated heterocycles. The van der Waals surface area contributed by atoms with E-state index in [0.29, 0.717) is 56.4 Å². The average molecular weight is 348 g/mol. The van der Waals surface area contributed by atoms with Gasteiger partial charge in [0.15, 0.2) is 0 Å². The van der Waals surface area contributed by atoms with Crippen molar-refractivity contribution in [3.05, 3.63) is 36.0 Å². The maximum absolute atomic E-state index is 12.9. The minimum Gasteiger partial charge on any atom is -0.377 e. The van der Waals surface area contributed by atoms with E-state index in [9.17, 15) is 9.18 Å². The number of aryl methyl sites for hydroxylation is 1. The maximum Gasteiger partial charge on any atom is 0.317 e. The molecule has 0 saturated carbocycles. The Hall–Kier alpha value is -2.48. The summed E-state index contributed by atoms with van der Waals surface area (Å²) in [5.41, 5.74) is 0.700. The number of hydrogen-bond acceptors (Lipinski definition) is 5. The van der Waals surface area contributed by atoms with Gasteiger partial charge in [-0.2, -0.15) is 4.98 Å². The topological polar surface area (TPSA) is 80.5 Å². The standard InChI is InChI=1S/C17H21FN4O3/c1-12-11-24-10-9-22(12)17(23)19-8-2-3-15-20-16(21-25-15)13-4-6-14(18)7-5-13/h4-7,12H,2-3,8-11H2,1H3,(H,19,23). The lowest BCUT2D eigenvalue weighted by atomic mass is 10.2. The Morgan fingerprint density at radius 3 is 2.96 bits per heavy atom. The third kappa shape index (κ3) is 4.54. The van der Waals surface area contributed by atoms with Crippen molar-refractivity contribution < 1.29 is 18.4 Å². The molecule has 1 atom stereocenters. The van der Waals surface area contributed by atoms with Crippen molar-refractivity contribution >= 4 is 6.03 Å². The van der Waals surface area contributed by atoms with Gasteiger partial charge in [-0.05, 0) is 37.6 Å². The molecule has 2 heterocycles. The molecule has 7 nitrogen and oxygen atoms in total. The smallest absolute Gasteiger partial charge is 0.317 e. The molecule has 0 bridgehead atoms. The summed E-state index contributed by atoms with van der Waals surface area (Å²) >= 11 is 0. The minimum absolute atomic E-state index is 0.0756. The van der Waals surface area contributed by atoms with Gasteiger partial charge in [-0.1, -0.05) is 5.16 Å². The second kappa shape index (κ2) is 8.06. The molecule has 1 aromatic heterocycles. The molecule has 3 rings (SSSR count). The van der Waals surface area contributed by atoms with Gasteiger partial charge < -0.3 is 19.5 Å². The lowest BCUT2D eigenvalue weighted by Crippen LogP contribution is -2.51. The Kier molecular flexibility index (Phi) is 5.60. The van der Waals surface area contributed by atoms with Crippen LogP contribution in [0.2, 0.25) is 0 Å². The lowest BCUT2D eigenvalue weighted by Gasteiger charge is -2.33. The number of amides is 2. The van der Waals surface area contributed by atoms with Crippen LogP contribution in [0.15, 0.2) is 28.8 Å². The van der Waals surface area contributed by atoms with Crippen molar-refractivity contribution in [1.29, 1.82) is 0 Å². The van der Waals surface area contributed by atoms with E-state index in [1.165, 1.54) is 12.1 Å². The van der Waals surface area contributed by atoms with Crippen LogP contribution in [0.5, 0.6) is 0 Å². The van der Waals surface area contributed by atoms with Gasteiger partial charge in [-0.3, -0.25) is 0 Å². The number of carbonyl (C=O) groups excluding carboxylic acids is 1. The van der Waals surface area contributed by atoms with Crippen LogP contribution in [-0.2, 0) is 11.2 Å². The van der Waals surface area contributed by atoms with E-state index >= 15 is 0 Å². The summed E-state index contributed by atoms with van der Waals surface area (Å²) in [4.78, 5) is 18.2. The number of rotatable bonds is 5. The molecular formula is C17H21FN4O3. The van der Waals surface area contributed by atoms with Crippen LogP contribution in [0.25, 0.3) is 11.4 Å². The third-order valence-electron chi connectivity index (χ3n) is 4.04. The highest BCUT2D eigenvalue weighted by Gasteiger charge is 2.23. The number of nitrogens with one attached hydrogen (secondary N) is 1. The number of benzene rings is 1. The molecule has 1 aliphatic heterocycles. The summed E-state index contributed by atoms with van der Waals surface area (Å²) < 4.78 is 23.4. The molecule has 1 aromatic carbocycles. The van der Waals surface area contributed by atoms with E-state index in [1.807, 2.05) is 6.92 Å². The second-order valence-electron chi connectivity index (χ2n) is 5.97. The van der Waals surface area contributed by atoms with Crippen molar-refractivity contribution in [2.75, 3.05) is 26.3 Å². The first-order valence-corrected chi connectivity index (χ1v) is 8.34. The Labute approximate surface area is 145 Å². The Morgan fingerprint density at radius 2 is 2.20 bits per heavy atom. The highest BCUT2D eigenvalue weighted by atomic mass is 19.1. The van der Waals surface area contributed by atoms with Gasteiger partial charge in [-0.15, -0.1) is 0 Å². The molecule has 2 amide bonds. The predicted molar refractivity (Wildman–Crippen MR) is 88.4 cm³/mol. The van der Waals surface area contributed by atoms with Crippen molar-refractivity contribution in [2.24, 2.45) is 0 Å². The number of nitrogens with zero attached hydrogens (tertiary/aromatic N) is 3. The normalized spacial score (nSPS) is 17.5. The van der Waals surface area contributed by atoms with Gasteiger partial charge in [0, 0.05) is 25.1 Å². The van der Waals surface area contributed by atoms with Crippen molar-refractivity contribution in [2.45, 2.75) is 25.8 Å². The summed E-state index contributed by atoms with van der Waals surface area (Å²) in [5, 5.41) is 6.79. The molecule has 25 heavy (non-hydrogen) atoms. The summed E-state index contributed by atoms with van der Waals surface area (Å²) in [7, 11) is 0. The summed E-state index contributed by atoms with van der Waals surface area (Å²) in [6.07, 6.45) is 1.25. The SMILES string of the molecule is CC1COCCN1C(=O)NCCCc1nc(-c2ccc(F)cc2)no1. The fraction of sp³-hybridized carbons (Fsp3) is 0.471. The first kappa shape index (κ1) is 17.3. The quantitative estimate of drug-likeness (QED) is 0.838. The van der Waals surface area contributed by atoms with Crippen molar-refractivity contribution in [1.82, 2.24) is 20.4 Å². The van der Waals surface area contributed by atoms with E-state index < -0.39 is 0 Å². The van der Waals surface area contributed by atoms with Crippen LogP contribution >= 0.6 is 0 Å². The predicted octanol–water partition coefficient (Wildman–Crippen LogP) is 2.24. The highest BCUT2D eigenvalue weighted by molar-refractivity contribution is 5.74. The monoisotopic (exact) mass is 348 g/mol. The molecular weight excluding hydrogens is 327 g/mol. The number of aromatic nitrogens is 2. The van der Waals surface area contributed by atoms with Gasteiger partial charge in [0.25, 0.3) is 0 Å². The largest absolute Gasteiger partial charge is 0.377 e. The molecule has 0 spiro atoms. The Balaban J connectivity index is 1.43. The zero-order chi connectivity index (χ0) is 17.6. The average Bonchev–Trinajstić information content (AvgIpc) is 3.08. The van der Waals surface area contributed by atoms with E-state index in [-0.39, 0.29) is 17.9 Å². The van der Waals surface area contributed by atoms with Crippen LogP contribution in [0.4, 0.5) is 9.18 Å². The minimum atomic E-state index is -0.308. The van der Waals surface area contributed by atoms with E-state index in [1.54, 1.807) is 17.0 Å². The van der Waals surface area contributed by atoms with Gasteiger partial charge in [0.05, 0.1) is 19.3 Å². The fourth-order valence-electron chi connectivity index (χ4n) is 2.64. The van der Waals surface area contributed by atoms with Gasteiger partial charge >= 0.3 is 6.03 Å². The van der Waals surface area contributed by atoms with Crippen LogP contribution in [0.1, 0.15) is 19.2 Å². The first-order valence-electron chi connectivity index (χ1n) is 8.34. The number of carbonyl (C=O) groups is 1. The van der Waals surface area contributed by atoms with Crippen molar-refractivity contribution in [3.63, 3.8) is 0 Å². The zero-order valence-electron chi connectivity index (χ0n) is 14.1. The number of morpholine rings is 1. The van der Waals surface area contributed by atoms with Crippen LogP contribution in [0, 0.1) is 5.82 Å². The number of ether oxygens (including phenoxy) is 1. The molecule has 134 valence electrons. The van der Waals surface area contributed by atoms with Crippen LogP contribution in [-0.4, -0.2) is 53.4 Å². The second-order valence-corrected chi connectivity index (χ2v) is 5.97. The van der Waals surface area contributed by atoms with Gasteiger partial charge in [0.1, 0.15) is 5.82 Å². The van der Waals surface area contributed by atoms with Gasteiger partial charge in [-0.25, -0.2) is 9.18 Å². The summed E-state index contributed by atoms with van der Waals surface area (Å²) in [5.74, 6) is 0.618. The summed E-state index contributed by atoms with van der Waals surface area (Å²) in [6, 6.07) is 5.93. The van der Waals surface area contributed by atoms with Crippen LogP contribution in [0.3, 0.4) is 0 Å². The summed E-state index contributed by atoms with van der Waals surface area (Å²) in [6.45, 7) is 4.25. The van der Waals surface area contributed by atoms with E-state index in [2.05, 4.69) is 15.5 Å². The highest BCUT2D eigenvalue weighted by Crippen LogP contribution is 2.16. The molecule has 0 radical (unpaired) electrons. The Morgan fingerprint density at radius 1 is 1.40 bits per heavy atom. The van der Waals surface area contributed by atoms with E-state index in [0.717, 1.165) is 0 Å².